The van der Waals surface area contributed by atoms with E-state index in [1.54, 1.807) is 0 Å². The van der Waals surface area contributed by atoms with Crippen LogP contribution >= 0.6 is 0 Å². The fraction of sp³-hybridized carbons (Fsp3) is 0.647. The Morgan fingerprint density at radius 3 is 2.50 bits per heavy atom. The smallest absolute Gasteiger partial charge is 0.125 e. The van der Waals surface area contributed by atoms with Gasteiger partial charge in [0.05, 0.1) is 0 Å². The fourth-order valence-electron chi connectivity index (χ4n) is 2.26. The summed E-state index contributed by atoms with van der Waals surface area (Å²) < 4.78 is 5.81. The summed E-state index contributed by atoms with van der Waals surface area (Å²) in [6, 6.07) is 4.60. The first-order chi connectivity index (χ1) is 9.45. The van der Waals surface area contributed by atoms with Crippen LogP contribution in [0, 0.1) is 20.8 Å². The second kappa shape index (κ2) is 8.28. The summed E-state index contributed by atoms with van der Waals surface area (Å²) in [6.07, 6.45) is 1.81. The van der Waals surface area contributed by atoms with Gasteiger partial charge in [-0.2, -0.15) is 0 Å². The number of hydrogen-bond acceptors (Lipinski definition) is 3. The molecule has 0 spiro atoms. The van der Waals surface area contributed by atoms with Crippen LogP contribution in [0.4, 0.5) is 0 Å². The molecule has 0 bridgehead atoms. The molecule has 0 aliphatic heterocycles. The molecular formula is C17H29NO2. The average Bonchev–Trinajstić information content (AvgIpc) is 2.41. The molecule has 0 fully saturated rings. The Hall–Kier alpha value is -1.06. The van der Waals surface area contributed by atoms with Crippen molar-refractivity contribution < 1.29 is 9.84 Å². The first kappa shape index (κ1) is 17.0. The molecule has 0 aliphatic carbocycles. The average molecular weight is 279 g/mol. The summed E-state index contributed by atoms with van der Waals surface area (Å²) in [6.45, 7) is 11.4. The van der Waals surface area contributed by atoms with Crippen molar-refractivity contribution in [1.82, 2.24) is 5.32 Å². The first-order valence-electron chi connectivity index (χ1n) is 7.56. The second-order valence-electron chi connectivity index (χ2n) is 5.72. The predicted octanol–water partition coefficient (Wildman–Crippen LogP) is 3.13. The molecule has 1 aromatic carbocycles. The number of aryl methyl sites for hydroxylation is 2. The van der Waals surface area contributed by atoms with Gasteiger partial charge in [0.25, 0.3) is 0 Å². The molecule has 0 saturated carbocycles. The largest absolute Gasteiger partial charge is 0.490 e. The lowest BCUT2D eigenvalue weighted by Gasteiger charge is -2.19. The van der Waals surface area contributed by atoms with Crippen molar-refractivity contribution in [2.75, 3.05) is 13.2 Å². The number of nitrogens with one attached hydrogen (secondary N) is 1. The van der Waals surface area contributed by atoms with Crippen LogP contribution in [0.15, 0.2) is 12.1 Å². The molecule has 0 amide bonds. The highest BCUT2D eigenvalue weighted by Crippen LogP contribution is 2.25. The summed E-state index contributed by atoms with van der Waals surface area (Å²) in [7, 11) is 0. The molecule has 1 aromatic rings. The van der Waals surface area contributed by atoms with E-state index in [1.807, 2.05) is 6.92 Å². The van der Waals surface area contributed by atoms with Gasteiger partial charge in [-0.3, -0.25) is 0 Å². The molecule has 0 saturated heterocycles. The van der Waals surface area contributed by atoms with Gasteiger partial charge in [0.2, 0.25) is 0 Å². The lowest BCUT2D eigenvalue weighted by atomic mass is 10.1. The molecule has 3 heteroatoms. The maximum Gasteiger partial charge on any atom is 0.125 e. The number of aliphatic hydroxyl groups is 1. The number of hydrogen-bond donors (Lipinski definition) is 2. The van der Waals surface area contributed by atoms with E-state index in [0.717, 1.165) is 29.7 Å². The van der Waals surface area contributed by atoms with Gasteiger partial charge in [-0.1, -0.05) is 25.5 Å². The van der Waals surface area contributed by atoms with Crippen molar-refractivity contribution >= 4 is 0 Å². The topological polar surface area (TPSA) is 41.5 Å². The van der Waals surface area contributed by atoms with Gasteiger partial charge in [-0.15, -0.1) is 0 Å². The van der Waals surface area contributed by atoms with Crippen LogP contribution in [0.25, 0.3) is 0 Å². The Morgan fingerprint density at radius 1 is 1.20 bits per heavy atom. The Morgan fingerprint density at radius 2 is 1.85 bits per heavy atom. The summed E-state index contributed by atoms with van der Waals surface area (Å²) >= 11 is 0. The van der Waals surface area contributed by atoms with Crippen LogP contribution < -0.4 is 10.1 Å². The van der Waals surface area contributed by atoms with E-state index in [-0.39, 0.29) is 0 Å². The van der Waals surface area contributed by atoms with E-state index in [9.17, 15) is 5.11 Å². The third kappa shape index (κ3) is 5.14. The standard InChI is InChI=1S/C17H29NO2/c1-6-7-14(4)18-10-16(19)11-20-17-13(3)9-8-12(2)15(17)5/h8-9,14,16,18-19H,6-7,10-11H2,1-5H3/t14-,16+/m1/s1. The van der Waals surface area contributed by atoms with Gasteiger partial charge in [-0.25, -0.2) is 0 Å². The van der Waals surface area contributed by atoms with Gasteiger partial charge in [0.1, 0.15) is 18.5 Å². The Bertz CT molecular complexity index is 418. The minimum absolute atomic E-state index is 0.330. The molecule has 0 unspecified atom stereocenters. The van der Waals surface area contributed by atoms with E-state index >= 15 is 0 Å². The van der Waals surface area contributed by atoms with Gasteiger partial charge < -0.3 is 15.2 Å². The molecule has 1 rings (SSSR count). The van der Waals surface area contributed by atoms with Crippen molar-refractivity contribution in [2.24, 2.45) is 0 Å². The minimum atomic E-state index is -0.478. The SMILES string of the molecule is CCC[C@@H](C)NC[C@H](O)COc1c(C)ccc(C)c1C. The highest BCUT2D eigenvalue weighted by atomic mass is 16.5. The second-order valence-corrected chi connectivity index (χ2v) is 5.72. The lowest BCUT2D eigenvalue weighted by Crippen LogP contribution is -2.36. The zero-order valence-corrected chi connectivity index (χ0v) is 13.5. The molecule has 2 N–H and O–H groups in total. The summed E-state index contributed by atoms with van der Waals surface area (Å²) in [5.41, 5.74) is 3.49. The third-order valence-electron chi connectivity index (χ3n) is 3.72. The number of rotatable bonds is 8. The zero-order valence-electron chi connectivity index (χ0n) is 13.5. The van der Waals surface area contributed by atoms with Crippen molar-refractivity contribution in [3.63, 3.8) is 0 Å². The number of benzene rings is 1. The molecule has 2 atom stereocenters. The molecule has 114 valence electrons. The summed E-state index contributed by atoms with van der Waals surface area (Å²) in [5.74, 6) is 0.908. The summed E-state index contributed by atoms with van der Waals surface area (Å²) in [5, 5.41) is 13.3. The Balaban J connectivity index is 2.45. The molecule has 0 aromatic heterocycles. The van der Waals surface area contributed by atoms with Crippen LogP contribution in [0.5, 0.6) is 5.75 Å². The van der Waals surface area contributed by atoms with E-state index in [1.165, 1.54) is 5.56 Å². The highest BCUT2D eigenvalue weighted by Gasteiger charge is 2.11. The minimum Gasteiger partial charge on any atom is -0.490 e. The van der Waals surface area contributed by atoms with Crippen molar-refractivity contribution in [3.05, 3.63) is 28.8 Å². The number of ether oxygens (including phenoxy) is 1. The van der Waals surface area contributed by atoms with Crippen LogP contribution in [0.1, 0.15) is 43.4 Å². The van der Waals surface area contributed by atoms with Crippen LogP contribution in [-0.4, -0.2) is 30.4 Å². The van der Waals surface area contributed by atoms with Crippen LogP contribution in [0.3, 0.4) is 0 Å². The normalized spacial score (nSPS) is 14.1. The first-order valence-corrected chi connectivity index (χ1v) is 7.56. The van der Waals surface area contributed by atoms with E-state index in [2.05, 4.69) is 45.1 Å². The molecule has 0 heterocycles. The van der Waals surface area contributed by atoms with Crippen molar-refractivity contribution in [3.8, 4) is 5.75 Å². The van der Waals surface area contributed by atoms with E-state index < -0.39 is 6.10 Å². The molecule has 3 nitrogen and oxygen atoms in total. The van der Waals surface area contributed by atoms with Gasteiger partial charge in [0, 0.05) is 12.6 Å². The van der Waals surface area contributed by atoms with E-state index in [4.69, 9.17) is 4.74 Å². The van der Waals surface area contributed by atoms with Crippen LogP contribution in [0.2, 0.25) is 0 Å². The third-order valence-corrected chi connectivity index (χ3v) is 3.72. The molecule has 0 aliphatic rings. The Labute approximate surface area is 123 Å². The summed E-state index contributed by atoms with van der Waals surface area (Å²) in [4.78, 5) is 0. The van der Waals surface area contributed by atoms with Crippen molar-refractivity contribution in [1.29, 1.82) is 0 Å². The fourth-order valence-corrected chi connectivity index (χ4v) is 2.26. The van der Waals surface area contributed by atoms with Gasteiger partial charge in [0.15, 0.2) is 0 Å². The zero-order chi connectivity index (χ0) is 15.1. The quantitative estimate of drug-likeness (QED) is 0.768. The lowest BCUT2D eigenvalue weighted by molar-refractivity contribution is 0.103. The molecular weight excluding hydrogens is 250 g/mol. The maximum absolute atomic E-state index is 9.99. The molecule has 0 radical (unpaired) electrons. The van der Waals surface area contributed by atoms with Crippen molar-refractivity contribution in [2.45, 2.75) is 59.6 Å². The van der Waals surface area contributed by atoms with E-state index in [0.29, 0.717) is 19.2 Å². The Kier molecular flexibility index (Phi) is 7.03. The van der Waals surface area contributed by atoms with Gasteiger partial charge >= 0.3 is 0 Å². The molecule has 20 heavy (non-hydrogen) atoms. The van der Waals surface area contributed by atoms with Crippen LogP contribution in [-0.2, 0) is 0 Å². The van der Waals surface area contributed by atoms with Gasteiger partial charge in [-0.05, 0) is 50.8 Å². The predicted molar refractivity (Wildman–Crippen MR) is 84.5 cm³/mol. The monoisotopic (exact) mass is 279 g/mol. The number of aliphatic hydroxyl groups excluding tert-OH is 1. The highest BCUT2D eigenvalue weighted by molar-refractivity contribution is 5.44. The maximum atomic E-state index is 9.99.